The number of rotatable bonds is 2. The predicted octanol–water partition coefficient (Wildman–Crippen LogP) is 0.351. The van der Waals surface area contributed by atoms with Crippen LogP contribution in [0.5, 0.6) is 0 Å². The maximum absolute atomic E-state index is 6.11. The third-order valence-corrected chi connectivity index (χ3v) is 3.24. The number of hydrogen-bond acceptors (Lipinski definition) is 1. The molecule has 0 saturated carbocycles. The van der Waals surface area contributed by atoms with Crippen molar-refractivity contribution < 1.29 is 28.5 Å². The molecule has 0 aliphatic heterocycles. The SMILES string of the molecule is Cc1cc(C)[n+](C)c(C=Cc2ccccc2Cl)n1.[I-]. The van der Waals surface area contributed by atoms with Crippen LogP contribution in [0.4, 0.5) is 0 Å². The Hall–Kier alpha value is -0.940. The second-order valence-electron chi connectivity index (χ2n) is 4.31. The van der Waals surface area contributed by atoms with E-state index in [1.165, 1.54) is 5.69 Å². The van der Waals surface area contributed by atoms with Crippen LogP contribution < -0.4 is 28.5 Å². The van der Waals surface area contributed by atoms with Crippen LogP contribution in [0.3, 0.4) is 0 Å². The standard InChI is InChI=1S/C15H16ClN2.HI/c1-11-10-12(2)18(3)15(17-11)9-8-13-6-4-5-7-14(13)16;/h4-10H,1-3H3;1H/q+1;/p-1. The first-order chi connectivity index (χ1) is 8.58. The first-order valence-corrected chi connectivity index (χ1v) is 6.22. The number of nitrogens with zero attached hydrogens (tertiary/aromatic N) is 2. The van der Waals surface area contributed by atoms with Crippen molar-refractivity contribution in [2.45, 2.75) is 13.8 Å². The minimum atomic E-state index is 0. The molecule has 1 heterocycles. The minimum absolute atomic E-state index is 0. The van der Waals surface area contributed by atoms with Crippen molar-refractivity contribution in [3.05, 3.63) is 58.1 Å². The molecule has 1 aromatic heterocycles. The first kappa shape index (κ1) is 16.1. The molecule has 0 atom stereocenters. The van der Waals surface area contributed by atoms with Gasteiger partial charge in [-0.1, -0.05) is 29.8 Å². The Morgan fingerprint density at radius 2 is 1.84 bits per heavy atom. The van der Waals surface area contributed by atoms with Gasteiger partial charge in [-0.2, -0.15) is 0 Å². The number of aromatic nitrogens is 2. The van der Waals surface area contributed by atoms with Crippen LogP contribution in [0.15, 0.2) is 30.3 Å². The molecule has 4 heteroatoms. The lowest BCUT2D eigenvalue weighted by atomic mass is 10.2. The smallest absolute Gasteiger partial charge is 0.323 e. The topological polar surface area (TPSA) is 16.8 Å². The zero-order valence-corrected chi connectivity index (χ0v) is 14.1. The molecule has 0 spiro atoms. The fourth-order valence-corrected chi connectivity index (χ4v) is 1.99. The molecular formula is C15H16ClIN2. The summed E-state index contributed by atoms with van der Waals surface area (Å²) in [4.78, 5) is 4.51. The van der Waals surface area contributed by atoms with Gasteiger partial charge in [-0.3, -0.25) is 0 Å². The van der Waals surface area contributed by atoms with Crippen molar-refractivity contribution in [1.29, 1.82) is 0 Å². The molecule has 0 N–H and O–H groups in total. The van der Waals surface area contributed by atoms with Gasteiger partial charge >= 0.3 is 5.82 Å². The van der Waals surface area contributed by atoms with Gasteiger partial charge < -0.3 is 24.0 Å². The van der Waals surface area contributed by atoms with E-state index >= 15 is 0 Å². The molecule has 100 valence electrons. The molecule has 1 aromatic carbocycles. The monoisotopic (exact) mass is 386 g/mol. The Kier molecular flexibility index (Phi) is 5.94. The van der Waals surface area contributed by atoms with Crippen LogP contribution in [0.1, 0.15) is 22.8 Å². The Morgan fingerprint density at radius 3 is 2.53 bits per heavy atom. The Morgan fingerprint density at radius 1 is 1.16 bits per heavy atom. The molecule has 2 rings (SSSR count). The van der Waals surface area contributed by atoms with Crippen LogP contribution >= 0.6 is 11.6 Å². The lowest BCUT2D eigenvalue weighted by Gasteiger charge is -2.00. The van der Waals surface area contributed by atoms with Gasteiger partial charge in [0, 0.05) is 24.1 Å². The summed E-state index contributed by atoms with van der Waals surface area (Å²) in [5.74, 6) is 0.924. The number of hydrogen-bond donors (Lipinski definition) is 0. The number of aryl methyl sites for hydroxylation is 2. The summed E-state index contributed by atoms with van der Waals surface area (Å²) < 4.78 is 2.06. The van der Waals surface area contributed by atoms with E-state index in [1.54, 1.807) is 0 Å². The molecule has 0 unspecified atom stereocenters. The van der Waals surface area contributed by atoms with E-state index in [2.05, 4.69) is 22.5 Å². The van der Waals surface area contributed by atoms with Crippen LogP contribution in [0.2, 0.25) is 5.02 Å². The molecule has 0 radical (unpaired) electrons. The molecule has 0 amide bonds. The second-order valence-corrected chi connectivity index (χ2v) is 4.72. The van der Waals surface area contributed by atoms with Gasteiger partial charge in [-0.05, 0) is 29.6 Å². The lowest BCUT2D eigenvalue weighted by Crippen LogP contribution is -3.00. The highest BCUT2D eigenvalue weighted by molar-refractivity contribution is 6.32. The molecule has 0 aliphatic rings. The Labute approximate surface area is 136 Å². The van der Waals surface area contributed by atoms with E-state index in [0.29, 0.717) is 0 Å². The molecule has 0 fully saturated rings. The summed E-state index contributed by atoms with van der Waals surface area (Å²) in [6, 6.07) is 9.83. The summed E-state index contributed by atoms with van der Waals surface area (Å²) >= 11 is 6.11. The first-order valence-electron chi connectivity index (χ1n) is 5.85. The van der Waals surface area contributed by atoms with Gasteiger partial charge in [0.2, 0.25) is 0 Å². The van der Waals surface area contributed by atoms with E-state index in [9.17, 15) is 0 Å². The van der Waals surface area contributed by atoms with Crippen LogP contribution in [0, 0.1) is 13.8 Å². The normalized spacial score (nSPS) is 10.5. The van der Waals surface area contributed by atoms with Gasteiger partial charge in [0.1, 0.15) is 5.69 Å². The van der Waals surface area contributed by atoms with E-state index < -0.39 is 0 Å². The van der Waals surface area contributed by atoms with Gasteiger partial charge in [0.15, 0.2) is 5.69 Å². The average molecular weight is 387 g/mol. The van der Waals surface area contributed by atoms with Crippen molar-refractivity contribution in [2.24, 2.45) is 7.05 Å². The van der Waals surface area contributed by atoms with Crippen LogP contribution in [0.25, 0.3) is 12.2 Å². The van der Waals surface area contributed by atoms with Gasteiger partial charge in [-0.25, -0.2) is 4.57 Å². The van der Waals surface area contributed by atoms with E-state index in [0.717, 1.165) is 22.1 Å². The summed E-state index contributed by atoms with van der Waals surface area (Å²) in [5.41, 5.74) is 3.20. The largest absolute Gasteiger partial charge is 1.00 e. The van der Waals surface area contributed by atoms with Crippen molar-refractivity contribution in [2.75, 3.05) is 0 Å². The summed E-state index contributed by atoms with van der Waals surface area (Å²) in [6.45, 7) is 4.07. The molecule has 2 aromatic rings. The molecule has 0 aliphatic carbocycles. The molecule has 19 heavy (non-hydrogen) atoms. The predicted molar refractivity (Wildman–Crippen MR) is 75.3 cm³/mol. The average Bonchev–Trinajstić information content (AvgIpc) is 2.33. The zero-order valence-electron chi connectivity index (χ0n) is 11.2. The fraction of sp³-hybridized carbons (Fsp3) is 0.200. The van der Waals surface area contributed by atoms with Gasteiger partial charge in [0.05, 0.1) is 7.05 Å². The van der Waals surface area contributed by atoms with Crippen molar-refractivity contribution >= 4 is 23.8 Å². The lowest BCUT2D eigenvalue weighted by molar-refractivity contribution is -0.682. The van der Waals surface area contributed by atoms with E-state index in [-0.39, 0.29) is 24.0 Å². The van der Waals surface area contributed by atoms with Crippen molar-refractivity contribution in [1.82, 2.24) is 4.98 Å². The van der Waals surface area contributed by atoms with Crippen molar-refractivity contribution in [3.8, 4) is 0 Å². The fourth-order valence-electron chi connectivity index (χ4n) is 1.79. The third-order valence-electron chi connectivity index (χ3n) is 2.90. The number of benzene rings is 1. The quantitative estimate of drug-likeness (QED) is 0.538. The summed E-state index contributed by atoms with van der Waals surface area (Å²) in [6.07, 6.45) is 3.98. The maximum Gasteiger partial charge on any atom is 0.323 e. The van der Waals surface area contributed by atoms with E-state index in [4.69, 9.17) is 11.6 Å². The van der Waals surface area contributed by atoms with Gasteiger partial charge in [-0.15, -0.1) is 0 Å². The maximum atomic E-state index is 6.11. The zero-order chi connectivity index (χ0) is 13.1. The second kappa shape index (κ2) is 7.01. The third kappa shape index (κ3) is 4.01. The highest BCUT2D eigenvalue weighted by Crippen LogP contribution is 2.17. The van der Waals surface area contributed by atoms with Crippen molar-refractivity contribution in [3.63, 3.8) is 0 Å². The summed E-state index contributed by atoms with van der Waals surface area (Å²) in [7, 11) is 2.01. The Bertz CT molecular complexity index is 609. The molecule has 2 nitrogen and oxygen atoms in total. The summed E-state index contributed by atoms with van der Waals surface area (Å²) in [5, 5.41) is 0.751. The highest BCUT2D eigenvalue weighted by atomic mass is 127. The van der Waals surface area contributed by atoms with E-state index in [1.807, 2.05) is 50.4 Å². The van der Waals surface area contributed by atoms with Gasteiger partial charge in [0.25, 0.3) is 0 Å². The van der Waals surface area contributed by atoms with Crippen LogP contribution in [-0.2, 0) is 7.05 Å². The molecular weight excluding hydrogens is 371 g/mol. The molecule has 0 bridgehead atoms. The molecule has 0 saturated heterocycles. The van der Waals surface area contributed by atoms with Crippen LogP contribution in [-0.4, -0.2) is 4.98 Å². The minimum Gasteiger partial charge on any atom is -1.00 e. The number of halogens is 2. The Balaban J connectivity index is 0.00000180. The highest BCUT2D eigenvalue weighted by Gasteiger charge is 2.09.